The number of H-pyrrole nitrogens is 1. The smallest absolute Gasteiger partial charge is 0.0992 e. The van der Waals surface area contributed by atoms with E-state index in [4.69, 9.17) is 23.2 Å². The van der Waals surface area contributed by atoms with Crippen LogP contribution in [0.3, 0.4) is 0 Å². The van der Waals surface area contributed by atoms with E-state index in [-0.39, 0.29) is 0 Å². The number of nitrogens with zero attached hydrogens (tertiary/aromatic N) is 2. The van der Waals surface area contributed by atoms with Crippen molar-refractivity contribution < 1.29 is 0 Å². The van der Waals surface area contributed by atoms with Gasteiger partial charge in [-0.25, -0.2) is 4.98 Å². The average Bonchev–Trinajstić information content (AvgIpc) is 2.90. The van der Waals surface area contributed by atoms with Crippen molar-refractivity contribution in [3.05, 3.63) is 46.6 Å². The van der Waals surface area contributed by atoms with Crippen LogP contribution in [0.5, 0.6) is 0 Å². The van der Waals surface area contributed by atoms with Gasteiger partial charge in [-0.15, -0.1) is 0 Å². The van der Waals surface area contributed by atoms with E-state index in [2.05, 4.69) is 9.97 Å². The number of rotatable bonds is 1. The Balaban J connectivity index is 2.40. The summed E-state index contributed by atoms with van der Waals surface area (Å²) in [6.45, 7) is 2.00. The average molecular weight is 266 g/mol. The standard InChI is InChI=1S/C12H9Cl2N3/c1-7-12(17-5-4-15-6-17)8-2-3-9(13)10(14)11(8)16-7/h2-6,16H,1H3. The summed E-state index contributed by atoms with van der Waals surface area (Å²) < 4.78 is 1.96. The molecular weight excluding hydrogens is 257 g/mol. The molecule has 0 fully saturated rings. The van der Waals surface area contributed by atoms with E-state index in [0.717, 1.165) is 22.3 Å². The van der Waals surface area contributed by atoms with Crippen LogP contribution in [-0.2, 0) is 0 Å². The molecule has 0 aliphatic heterocycles. The van der Waals surface area contributed by atoms with Crippen molar-refractivity contribution in [2.24, 2.45) is 0 Å². The van der Waals surface area contributed by atoms with E-state index in [1.165, 1.54) is 0 Å². The number of halogens is 2. The Labute approximate surface area is 108 Å². The highest BCUT2D eigenvalue weighted by Gasteiger charge is 2.13. The van der Waals surface area contributed by atoms with Gasteiger partial charge in [0.05, 0.1) is 27.6 Å². The molecule has 2 aromatic heterocycles. The molecule has 0 saturated carbocycles. The van der Waals surface area contributed by atoms with Crippen molar-refractivity contribution >= 4 is 34.1 Å². The Morgan fingerprint density at radius 3 is 2.82 bits per heavy atom. The molecule has 3 aromatic rings. The lowest BCUT2D eigenvalue weighted by Gasteiger charge is -2.02. The molecule has 17 heavy (non-hydrogen) atoms. The van der Waals surface area contributed by atoms with E-state index in [9.17, 15) is 0 Å². The Kier molecular flexibility index (Phi) is 2.38. The molecule has 0 amide bonds. The van der Waals surface area contributed by atoms with Gasteiger partial charge < -0.3 is 9.55 Å². The summed E-state index contributed by atoms with van der Waals surface area (Å²) in [4.78, 5) is 7.32. The molecule has 0 saturated heterocycles. The van der Waals surface area contributed by atoms with Crippen molar-refractivity contribution in [1.29, 1.82) is 0 Å². The van der Waals surface area contributed by atoms with Gasteiger partial charge in [0.25, 0.3) is 0 Å². The molecule has 5 heteroatoms. The Morgan fingerprint density at radius 2 is 2.12 bits per heavy atom. The summed E-state index contributed by atoms with van der Waals surface area (Å²) in [7, 11) is 0. The zero-order valence-electron chi connectivity index (χ0n) is 9.04. The van der Waals surface area contributed by atoms with Crippen LogP contribution in [0.2, 0.25) is 10.0 Å². The summed E-state index contributed by atoms with van der Waals surface area (Å²) in [6, 6.07) is 3.77. The topological polar surface area (TPSA) is 33.6 Å². The number of aromatic nitrogens is 3. The second-order valence-corrected chi connectivity index (χ2v) is 4.64. The lowest BCUT2D eigenvalue weighted by molar-refractivity contribution is 1.04. The predicted molar refractivity (Wildman–Crippen MR) is 70.2 cm³/mol. The van der Waals surface area contributed by atoms with Crippen molar-refractivity contribution in [1.82, 2.24) is 14.5 Å². The van der Waals surface area contributed by atoms with E-state index < -0.39 is 0 Å². The summed E-state index contributed by atoms with van der Waals surface area (Å²) in [6.07, 6.45) is 5.41. The van der Waals surface area contributed by atoms with Crippen LogP contribution < -0.4 is 0 Å². The van der Waals surface area contributed by atoms with E-state index >= 15 is 0 Å². The normalized spacial score (nSPS) is 11.2. The second-order valence-electron chi connectivity index (χ2n) is 3.85. The minimum Gasteiger partial charge on any atom is -0.356 e. The largest absolute Gasteiger partial charge is 0.356 e. The molecule has 0 bridgehead atoms. The number of benzene rings is 1. The van der Waals surface area contributed by atoms with Crippen molar-refractivity contribution in [2.45, 2.75) is 6.92 Å². The van der Waals surface area contributed by atoms with E-state index in [1.54, 1.807) is 18.6 Å². The fourth-order valence-corrected chi connectivity index (χ4v) is 2.41. The van der Waals surface area contributed by atoms with Crippen LogP contribution in [0.1, 0.15) is 5.69 Å². The molecule has 86 valence electrons. The van der Waals surface area contributed by atoms with Crippen molar-refractivity contribution in [3.8, 4) is 5.69 Å². The SMILES string of the molecule is Cc1[nH]c2c(Cl)c(Cl)ccc2c1-n1ccnc1. The molecule has 0 unspecified atom stereocenters. The zero-order chi connectivity index (χ0) is 12.0. The minimum atomic E-state index is 0.553. The molecule has 0 spiro atoms. The third-order valence-corrected chi connectivity index (χ3v) is 3.58. The summed E-state index contributed by atoms with van der Waals surface area (Å²) in [5.74, 6) is 0. The van der Waals surface area contributed by atoms with E-state index in [1.807, 2.05) is 23.8 Å². The maximum Gasteiger partial charge on any atom is 0.0992 e. The number of aryl methyl sites for hydroxylation is 1. The monoisotopic (exact) mass is 265 g/mol. The van der Waals surface area contributed by atoms with Gasteiger partial charge in [-0.1, -0.05) is 23.2 Å². The van der Waals surface area contributed by atoms with Gasteiger partial charge in [0.1, 0.15) is 0 Å². The third kappa shape index (κ3) is 1.54. The molecule has 1 aromatic carbocycles. The first-order valence-electron chi connectivity index (χ1n) is 5.13. The third-order valence-electron chi connectivity index (χ3n) is 2.78. The highest BCUT2D eigenvalue weighted by Crippen LogP contribution is 2.34. The van der Waals surface area contributed by atoms with Crippen LogP contribution in [0, 0.1) is 6.92 Å². The maximum atomic E-state index is 6.18. The van der Waals surface area contributed by atoms with Crippen LogP contribution in [0.4, 0.5) is 0 Å². The molecule has 3 rings (SSSR count). The van der Waals surface area contributed by atoms with Gasteiger partial charge in [-0.2, -0.15) is 0 Å². The predicted octanol–water partition coefficient (Wildman–Crippen LogP) is 3.97. The molecule has 0 radical (unpaired) electrons. The second kappa shape index (κ2) is 3.79. The molecule has 1 N–H and O–H groups in total. The zero-order valence-corrected chi connectivity index (χ0v) is 10.5. The van der Waals surface area contributed by atoms with Crippen molar-refractivity contribution in [2.75, 3.05) is 0 Å². The van der Waals surface area contributed by atoms with Gasteiger partial charge in [-0.05, 0) is 19.1 Å². The van der Waals surface area contributed by atoms with Gasteiger partial charge >= 0.3 is 0 Å². The first-order chi connectivity index (χ1) is 8.18. The van der Waals surface area contributed by atoms with Crippen LogP contribution >= 0.6 is 23.2 Å². The number of nitrogens with one attached hydrogen (secondary N) is 1. The first kappa shape index (κ1) is 10.7. The molecule has 2 heterocycles. The summed E-state index contributed by atoms with van der Waals surface area (Å²) in [5.41, 5.74) is 2.94. The number of aromatic amines is 1. The van der Waals surface area contributed by atoms with Crippen LogP contribution in [-0.4, -0.2) is 14.5 Å². The number of fused-ring (bicyclic) bond motifs is 1. The van der Waals surface area contributed by atoms with Crippen LogP contribution in [0.25, 0.3) is 16.6 Å². The molecular formula is C12H9Cl2N3. The van der Waals surface area contributed by atoms with Crippen molar-refractivity contribution in [3.63, 3.8) is 0 Å². The summed E-state index contributed by atoms with van der Waals surface area (Å²) in [5, 5.41) is 2.14. The number of hydrogen-bond acceptors (Lipinski definition) is 1. The summed E-state index contributed by atoms with van der Waals surface area (Å²) >= 11 is 12.2. The lowest BCUT2D eigenvalue weighted by atomic mass is 10.2. The number of hydrogen-bond donors (Lipinski definition) is 1. The maximum absolute atomic E-state index is 6.18. The molecule has 0 atom stereocenters. The van der Waals surface area contributed by atoms with Gasteiger partial charge in [0.2, 0.25) is 0 Å². The Hall–Kier alpha value is -1.45. The van der Waals surface area contributed by atoms with Gasteiger partial charge in [0.15, 0.2) is 0 Å². The highest BCUT2D eigenvalue weighted by atomic mass is 35.5. The van der Waals surface area contributed by atoms with E-state index in [0.29, 0.717) is 10.0 Å². The fraction of sp³-hybridized carbons (Fsp3) is 0.0833. The Morgan fingerprint density at radius 1 is 1.29 bits per heavy atom. The first-order valence-corrected chi connectivity index (χ1v) is 5.88. The lowest BCUT2D eigenvalue weighted by Crippen LogP contribution is -1.90. The molecule has 0 aliphatic carbocycles. The van der Waals surface area contributed by atoms with Crippen LogP contribution in [0.15, 0.2) is 30.9 Å². The quantitative estimate of drug-likeness (QED) is 0.710. The molecule has 3 nitrogen and oxygen atoms in total. The minimum absolute atomic E-state index is 0.553. The molecule has 0 aliphatic rings. The van der Waals surface area contributed by atoms with Gasteiger partial charge in [-0.3, -0.25) is 0 Å². The Bertz CT molecular complexity index is 683. The fourth-order valence-electron chi connectivity index (χ4n) is 2.04. The number of imidazole rings is 1. The highest BCUT2D eigenvalue weighted by molar-refractivity contribution is 6.45. The van der Waals surface area contributed by atoms with Gasteiger partial charge in [0, 0.05) is 23.5 Å².